The van der Waals surface area contributed by atoms with Crippen LogP contribution in [-0.4, -0.2) is 32.7 Å². The van der Waals surface area contributed by atoms with Crippen LogP contribution in [0.3, 0.4) is 0 Å². The van der Waals surface area contributed by atoms with Crippen molar-refractivity contribution in [3.05, 3.63) is 47.5 Å². The molecular weight excluding hydrogens is 347 g/mol. The van der Waals surface area contributed by atoms with Crippen molar-refractivity contribution in [1.82, 2.24) is 25.0 Å². The van der Waals surface area contributed by atoms with Crippen LogP contribution in [0.5, 0.6) is 0 Å². The van der Waals surface area contributed by atoms with Crippen molar-refractivity contribution >= 4 is 6.03 Å². The maximum atomic E-state index is 12.6. The lowest BCUT2D eigenvalue weighted by Crippen LogP contribution is -2.41. The first-order chi connectivity index (χ1) is 12.1. The molecule has 2 aromatic rings. The second-order valence-corrected chi connectivity index (χ2v) is 6.46. The molecule has 0 fully saturated rings. The zero-order chi connectivity index (χ0) is 19.5. The van der Waals surface area contributed by atoms with Crippen molar-refractivity contribution in [2.45, 2.75) is 32.6 Å². The molecule has 0 aliphatic heterocycles. The molecule has 26 heavy (non-hydrogen) atoms. The minimum absolute atomic E-state index is 0.0846. The smallest absolute Gasteiger partial charge is 0.328 e. The normalized spacial score (nSPS) is 12.9. The number of urea groups is 1. The molecule has 0 aliphatic carbocycles. The van der Waals surface area contributed by atoms with Crippen LogP contribution in [0, 0.1) is 5.92 Å². The van der Waals surface area contributed by atoms with Gasteiger partial charge in [0.2, 0.25) is 0 Å². The Morgan fingerprint density at radius 3 is 2.35 bits per heavy atom. The Kier molecular flexibility index (Phi) is 5.89. The summed E-state index contributed by atoms with van der Waals surface area (Å²) < 4.78 is 39.4. The van der Waals surface area contributed by atoms with Gasteiger partial charge in [-0.2, -0.15) is 18.3 Å². The van der Waals surface area contributed by atoms with Crippen LogP contribution in [0.2, 0.25) is 0 Å². The summed E-state index contributed by atoms with van der Waals surface area (Å²) >= 11 is 0. The number of nitrogens with zero attached hydrogens (tertiary/aromatic N) is 4. The van der Waals surface area contributed by atoms with Gasteiger partial charge in [-0.1, -0.05) is 26.0 Å². The fourth-order valence-electron chi connectivity index (χ4n) is 2.50. The Hall–Kier alpha value is -2.58. The second kappa shape index (κ2) is 7.76. The summed E-state index contributed by atoms with van der Waals surface area (Å²) in [5.41, 5.74) is -0.106. The standard InChI is InChI=1S/C17H22F3N5O/c1-11(2)14(15-21-10-22-25(15)4)23-16(26)24(3)9-12-5-7-13(8-6-12)17(18,19)20/h5-8,10-11,14H,9H2,1-4H3,(H,23,26). The number of carbonyl (C=O) groups is 1. The van der Waals surface area contributed by atoms with Gasteiger partial charge in [-0.15, -0.1) is 0 Å². The van der Waals surface area contributed by atoms with E-state index in [2.05, 4.69) is 15.4 Å². The number of carbonyl (C=O) groups excluding carboxylic acids is 1. The van der Waals surface area contributed by atoms with Crippen LogP contribution < -0.4 is 5.32 Å². The van der Waals surface area contributed by atoms with E-state index < -0.39 is 11.7 Å². The molecule has 0 saturated heterocycles. The minimum atomic E-state index is -4.37. The number of benzene rings is 1. The van der Waals surface area contributed by atoms with E-state index in [1.165, 1.54) is 23.4 Å². The van der Waals surface area contributed by atoms with E-state index in [0.29, 0.717) is 11.4 Å². The highest BCUT2D eigenvalue weighted by atomic mass is 19.4. The molecule has 0 aliphatic rings. The first kappa shape index (κ1) is 19.7. The van der Waals surface area contributed by atoms with E-state index in [4.69, 9.17) is 0 Å². The SMILES string of the molecule is CC(C)C(NC(=O)N(C)Cc1ccc(C(F)(F)F)cc1)c1ncnn1C. The predicted molar refractivity (Wildman–Crippen MR) is 90.0 cm³/mol. The Balaban J connectivity index is 2.03. The van der Waals surface area contributed by atoms with E-state index in [1.807, 2.05) is 13.8 Å². The van der Waals surface area contributed by atoms with Gasteiger partial charge in [0, 0.05) is 20.6 Å². The van der Waals surface area contributed by atoms with Gasteiger partial charge in [0.1, 0.15) is 12.2 Å². The molecule has 2 amide bonds. The second-order valence-electron chi connectivity index (χ2n) is 6.46. The number of aromatic nitrogens is 3. The summed E-state index contributed by atoms with van der Waals surface area (Å²) in [5, 5.41) is 6.92. The van der Waals surface area contributed by atoms with Gasteiger partial charge < -0.3 is 10.2 Å². The highest BCUT2D eigenvalue weighted by molar-refractivity contribution is 5.74. The summed E-state index contributed by atoms with van der Waals surface area (Å²) in [4.78, 5) is 18.1. The van der Waals surface area contributed by atoms with Crippen molar-refractivity contribution in [1.29, 1.82) is 0 Å². The van der Waals surface area contributed by atoms with Crippen LogP contribution >= 0.6 is 0 Å². The lowest BCUT2D eigenvalue weighted by molar-refractivity contribution is -0.137. The first-order valence-corrected chi connectivity index (χ1v) is 8.11. The Morgan fingerprint density at radius 1 is 1.27 bits per heavy atom. The molecule has 0 radical (unpaired) electrons. The average Bonchev–Trinajstić information content (AvgIpc) is 2.97. The number of aryl methyl sites for hydroxylation is 1. The van der Waals surface area contributed by atoms with Crippen LogP contribution in [-0.2, 0) is 19.8 Å². The van der Waals surface area contributed by atoms with Crippen LogP contribution in [0.15, 0.2) is 30.6 Å². The maximum Gasteiger partial charge on any atom is 0.416 e. The number of halogens is 3. The summed E-state index contributed by atoms with van der Waals surface area (Å²) in [7, 11) is 3.33. The lowest BCUT2D eigenvalue weighted by Gasteiger charge is -2.25. The molecule has 0 saturated carbocycles. The number of alkyl halides is 3. The molecule has 1 N–H and O–H groups in total. The number of hydrogen-bond donors (Lipinski definition) is 1. The van der Waals surface area contributed by atoms with Crippen LogP contribution in [0.25, 0.3) is 0 Å². The molecule has 9 heteroatoms. The fourth-order valence-corrected chi connectivity index (χ4v) is 2.50. The van der Waals surface area contributed by atoms with Crippen molar-refractivity contribution < 1.29 is 18.0 Å². The molecule has 1 aromatic carbocycles. The van der Waals surface area contributed by atoms with E-state index in [0.717, 1.165) is 12.1 Å². The van der Waals surface area contributed by atoms with Crippen LogP contribution in [0.1, 0.15) is 36.8 Å². The molecule has 142 valence electrons. The topological polar surface area (TPSA) is 63.1 Å². The number of hydrogen-bond acceptors (Lipinski definition) is 3. The summed E-state index contributed by atoms with van der Waals surface area (Å²) in [5.74, 6) is 0.720. The van der Waals surface area contributed by atoms with Gasteiger partial charge in [-0.25, -0.2) is 9.78 Å². The van der Waals surface area contributed by atoms with Gasteiger partial charge >= 0.3 is 12.2 Å². The van der Waals surface area contributed by atoms with Gasteiger partial charge in [0.05, 0.1) is 11.6 Å². The van der Waals surface area contributed by atoms with E-state index in [1.54, 1.807) is 18.8 Å². The Bertz CT molecular complexity index is 740. The minimum Gasteiger partial charge on any atom is -0.328 e. The number of amides is 2. The Morgan fingerprint density at radius 2 is 1.88 bits per heavy atom. The van der Waals surface area contributed by atoms with Gasteiger partial charge in [-0.3, -0.25) is 4.68 Å². The molecule has 0 bridgehead atoms. The van der Waals surface area contributed by atoms with Crippen molar-refractivity contribution in [2.24, 2.45) is 13.0 Å². The zero-order valence-corrected chi connectivity index (χ0v) is 15.1. The third-order valence-electron chi connectivity index (χ3n) is 4.02. The maximum absolute atomic E-state index is 12.6. The van der Waals surface area contributed by atoms with Gasteiger partial charge in [0.15, 0.2) is 0 Å². The quantitative estimate of drug-likeness (QED) is 0.879. The monoisotopic (exact) mass is 369 g/mol. The first-order valence-electron chi connectivity index (χ1n) is 8.11. The van der Waals surface area contributed by atoms with Crippen molar-refractivity contribution in [3.63, 3.8) is 0 Å². The number of rotatable bonds is 5. The third kappa shape index (κ3) is 4.74. The fraction of sp³-hybridized carbons (Fsp3) is 0.471. The summed E-state index contributed by atoms with van der Waals surface area (Å²) in [6, 6.07) is 4.09. The summed E-state index contributed by atoms with van der Waals surface area (Å²) in [6.45, 7) is 4.10. The largest absolute Gasteiger partial charge is 0.416 e. The molecule has 1 unspecified atom stereocenters. The van der Waals surface area contributed by atoms with E-state index in [9.17, 15) is 18.0 Å². The molecule has 1 aromatic heterocycles. The lowest BCUT2D eigenvalue weighted by atomic mass is 10.0. The Labute approximate surface area is 150 Å². The highest BCUT2D eigenvalue weighted by Gasteiger charge is 2.30. The molecular formula is C17H22F3N5O. The zero-order valence-electron chi connectivity index (χ0n) is 15.1. The molecule has 1 atom stereocenters. The van der Waals surface area contributed by atoms with Crippen LogP contribution in [0.4, 0.5) is 18.0 Å². The third-order valence-corrected chi connectivity index (χ3v) is 4.02. The molecule has 1 heterocycles. The predicted octanol–water partition coefficient (Wildman–Crippen LogP) is 3.37. The molecule has 6 nitrogen and oxygen atoms in total. The van der Waals surface area contributed by atoms with Crippen molar-refractivity contribution in [3.8, 4) is 0 Å². The highest BCUT2D eigenvalue weighted by Crippen LogP contribution is 2.29. The number of nitrogens with one attached hydrogen (secondary N) is 1. The van der Waals surface area contributed by atoms with E-state index in [-0.39, 0.29) is 24.5 Å². The van der Waals surface area contributed by atoms with Crippen molar-refractivity contribution in [2.75, 3.05) is 7.05 Å². The van der Waals surface area contributed by atoms with E-state index >= 15 is 0 Å². The average molecular weight is 369 g/mol. The van der Waals surface area contributed by atoms with Gasteiger partial charge in [0.25, 0.3) is 0 Å². The molecule has 2 rings (SSSR count). The van der Waals surface area contributed by atoms with Gasteiger partial charge in [-0.05, 0) is 23.6 Å². The molecule has 0 spiro atoms. The summed E-state index contributed by atoms with van der Waals surface area (Å²) in [6.07, 6.45) is -2.95.